The van der Waals surface area contributed by atoms with E-state index in [-0.39, 0.29) is 30.2 Å². The van der Waals surface area contributed by atoms with Gasteiger partial charge in [-0.3, -0.25) is 9.63 Å². The third-order valence-corrected chi connectivity index (χ3v) is 5.08. The summed E-state index contributed by atoms with van der Waals surface area (Å²) in [6, 6.07) is -0.402. The number of fused-ring (bicyclic) bond motifs is 2. The van der Waals surface area contributed by atoms with Crippen LogP contribution in [0.2, 0.25) is 0 Å². The van der Waals surface area contributed by atoms with Crippen molar-refractivity contribution in [1.29, 1.82) is 0 Å². The summed E-state index contributed by atoms with van der Waals surface area (Å²) in [6.07, 6.45) is 1.41. The molecule has 9 heteroatoms. The van der Waals surface area contributed by atoms with Gasteiger partial charge in [-0.1, -0.05) is 0 Å². The minimum Gasteiger partial charge on any atom is -0.444 e. The zero-order valence-electron chi connectivity index (χ0n) is 15.9. The molecule has 3 atom stereocenters. The number of hydroxylamine groups is 1. The van der Waals surface area contributed by atoms with Crippen LogP contribution in [-0.4, -0.2) is 83.2 Å². The Morgan fingerprint density at radius 2 is 1.88 bits per heavy atom. The van der Waals surface area contributed by atoms with E-state index in [2.05, 4.69) is 5.48 Å². The third kappa shape index (κ3) is 3.87. The molecule has 0 aromatic heterocycles. The van der Waals surface area contributed by atoms with Crippen molar-refractivity contribution in [1.82, 2.24) is 20.2 Å². The van der Waals surface area contributed by atoms with E-state index < -0.39 is 11.6 Å². The summed E-state index contributed by atoms with van der Waals surface area (Å²) in [4.78, 5) is 47.0. The number of likely N-dealkylation sites (N-methyl/N-ethyl adjacent to an activating group) is 1. The smallest absolute Gasteiger partial charge is 0.410 e. The second-order valence-electron chi connectivity index (χ2n) is 8.21. The van der Waals surface area contributed by atoms with Crippen LogP contribution in [0.5, 0.6) is 0 Å². The van der Waals surface area contributed by atoms with Crippen LogP contribution in [0.1, 0.15) is 40.0 Å². The van der Waals surface area contributed by atoms with Crippen LogP contribution >= 0.6 is 0 Å². The van der Waals surface area contributed by atoms with Crippen LogP contribution < -0.4 is 5.48 Å². The van der Waals surface area contributed by atoms with E-state index >= 15 is 0 Å². The lowest BCUT2D eigenvalue weighted by Crippen LogP contribution is -2.50. The Labute approximate surface area is 153 Å². The van der Waals surface area contributed by atoms with Crippen LogP contribution in [0.3, 0.4) is 0 Å². The SMILES string of the molecule is CN1C(=O)N2C[C@H]1CC[C@H]2C(=O)NOC1CCN(C(=O)OC(C)(C)C)C1. The lowest BCUT2D eigenvalue weighted by atomic mass is 10.0. The molecule has 3 saturated heterocycles. The molecule has 146 valence electrons. The maximum atomic E-state index is 12.4. The number of carbonyl (C=O) groups excluding carboxylic acids is 3. The van der Waals surface area contributed by atoms with Crippen LogP contribution in [0.15, 0.2) is 0 Å². The lowest BCUT2D eigenvalue weighted by molar-refractivity contribution is -0.143. The zero-order chi connectivity index (χ0) is 19.1. The van der Waals surface area contributed by atoms with Crippen molar-refractivity contribution in [2.75, 3.05) is 26.7 Å². The summed E-state index contributed by atoms with van der Waals surface area (Å²) in [5.41, 5.74) is 1.95. The molecule has 1 N–H and O–H groups in total. The van der Waals surface area contributed by atoms with E-state index in [1.165, 1.54) is 0 Å². The van der Waals surface area contributed by atoms with Gasteiger partial charge >= 0.3 is 12.1 Å². The monoisotopic (exact) mass is 368 g/mol. The van der Waals surface area contributed by atoms with Gasteiger partial charge in [0.1, 0.15) is 17.7 Å². The number of piperidine rings is 1. The number of amides is 4. The van der Waals surface area contributed by atoms with Crippen molar-refractivity contribution in [2.24, 2.45) is 0 Å². The molecule has 3 rings (SSSR count). The highest BCUT2D eigenvalue weighted by Crippen LogP contribution is 2.28. The Balaban J connectivity index is 1.46. The van der Waals surface area contributed by atoms with Crippen molar-refractivity contribution >= 4 is 18.0 Å². The maximum Gasteiger partial charge on any atom is 0.410 e. The van der Waals surface area contributed by atoms with Crippen molar-refractivity contribution in [2.45, 2.75) is 63.8 Å². The molecule has 2 bridgehead atoms. The molecular formula is C17H28N4O5. The molecule has 0 aromatic rings. The Morgan fingerprint density at radius 1 is 1.15 bits per heavy atom. The molecule has 3 aliphatic rings. The minimum absolute atomic E-state index is 0.107. The standard InChI is InChI=1S/C17H28N4O5/c1-17(2,3)25-16(24)20-8-7-12(10-20)26-18-14(22)13-6-5-11-9-21(13)15(23)19(11)4/h11-13H,5-10H2,1-4H3,(H,18,22)/t11-,12?,13+/m1/s1. The highest BCUT2D eigenvalue weighted by molar-refractivity contribution is 5.88. The van der Waals surface area contributed by atoms with E-state index in [1.54, 1.807) is 21.7 Å². The predicted molar refractivity (Wildman–Crippen MR) is 92.1 cm³/mol. The molecule has 0 aromatic carbocycles. The van der Waals surface area contributed by atoms with Crippen molar-refractivity contribution in [3.05, 3.63) is 0 Å². The predicted octanol–water partition coefficient (Wildman–Crippen LogP) is 0.942. The van der Waals surface area contributed by atoms with Gasteiger partial charge in [0, 0.05) is 20.1 Å². The molecule has 0 saturated carbocycles. The first-order chi connectivity index (χ1) is 12.2. The number of rotatable bonds is 3. The fourth-order valence-electron chi connectivity index (χ4n) is 3.64. The summed E-state index contributed by atoms with van der Waals surface area (Å²) in [5, 5.41) is 0. The van der Waals surface area contributed by atoms with Gasteiger partial charge in [0.2, 0.25) is 0 Å². The molecular weight excluding hydrogens is 340 g/mol. The average Bonchev–Trinajstić information content (AvgIpc) is 3.12. The summed E-state index contributed by atoms with van der Waals surface area (Å²) in [6.45, 7) is 6.94. The Bertz CT molecular complexity index is 590. The highest BCUT2D eigenvalue weighted by atomic mass is 16.7. The summed E-state index contributed by atoms with van der Waals surface area (Å²) in [7, 11) is 1.77. The van der Waals surface area contributed by atoms with Gasteiger partial charge in [-0.05, 0) is 40.0 Å². The largest absolute Gasteiger partial charge is 0.444 e. The number of nitrogens with one attached hydrogen (secondary N) is 1. The van der Waals surface area contributed by atoms with Crippen LogP contribution in [0, 0.1) is 0 Å². The Hall–Kier alpha value is -2.03. The molecule has 3 aliphatic heterocycles. The molecule has 3 heterocycles. The number of urea groups is 1. The first-order valence-corrected chi connectivity index (χ1v) is 9.12. The molecule has 4 amide bonds. The topological polar surface area (TPSA) is 91.4 Å². The molecule has 9 nitrogen and oxygen atoms in total. The maximum absolute atomic E-state index is 12.4. The number of ether oxygens (including phenoxy) is 1. The quantitative estimate of drug-likeness (QED) is 0.749. The van der Waals surface area contributed by atoms with Gasteiger partial charge in [0.05, 0.1) is 12.6 Å². The highest BCUT2D eigenvalue weighted by Gasteiger charge is 2.45. The van der Waals surface area contributed by atoms with Gasteiger partial charge in [-0.2, -0.15) is 0 Å². The van der Waals surface area contributed by atoms with Gasteiger partial charge in [0.15, 0.2) is 0 Å². The van der Waals surface area contributed by atoms with E-state index in [0.717, 1.165) is 6.42 Å². The Kier molecular flexibility index (Phi) is 5.01. The van der Waals surface area contributed by atoms with Gasteiger partial charge in [0.25, 0.3) is 5.91 Å². The average molecular weight is 368 g/mol. The van der Waals surface area contributed by atoms with E-state index in [1.807, 2.05) is 20.8 Å². The first kappa shape index (κ1) is 18.8. The van der Waals surface area contributed by atoms with Crippen LogP contribution in [0.25, 0.3) is 0 Å². The van der Waals surface area contributed by atoms with Gasteiger partial charge in [-0.15, -0.1) is 0 Å². The molecule has 3 fully saturated rings. The summed E-state index contributed by atoms with van der Waals surface area (Å²) in [5.74, 6) is -0.303. The minimum atomic E-state index is -0.543. The molecule has 0 aliphatic carbocycles. The zero-order valence-corrected chi connectivity index (χ0v) is 15.9. The Morgan fingerprint density at radius 3 is 2.58 bits per heavy atom. The number of hydrogen-bond donors (Lipinski definition) is 1. The van der Waals surface area contributed by atoms with E-state index in [4.69, 9.17) is 9.57 Å². The number of hydrogen-bond acceptors (Lipinski definition) is 5. The second kappa shape index (κ2) is 6.94. The number of likely N-dealkylation sites (tertiary alicyclic amines) is 1. The van der Waals surface area contributed by atoms with Crippen molar-refractivity contribution in [3.8, 4) is 0 Å². The van der Waals surface area contributed by atoms with Crippen molar-refractivity contribution in [3.63, 3.8) is 0 Å². The molecule has 0 spiro atoms. The fourth-order valence-corrected chi connectivity index (χ4v) is 3.64. The molecule has 26 heavy (non-hydrogen) atoms. The van der Waals surface area contributed by atoms with E-state index in [9.17, 15) is 14.4 Å². The molecule has 1 unspecified atom stereocenters. The second-order valence-corrected chi connectivity index (χ2v) is 8.21. The first-order valence-electron chi connectivity index (χ1n) is 9.12. The summed E-state index contributed by atoms with van der Waals surface area (Å²) < 4.78 is 5.34. The van der Waals surface area contributed by atoms with Gasteiger partial charge in [-0.25, -0.2) is 15.1 Å². The van der Waals surface area contributed by atoms with Crippen molar-refractivity contribution < 1.29 is 24.0 Å². The lowest BCUT2D eigenvalue weighted by Gasteiger charge is -2.29. The van der Waals surface area contributed by atoms with Gasteiger partial charge < -0.3 is 19.4 Å². The third-order valence-electron chi connectivity index (χ3n) is 5.08. The summed E-state index contributed by atoms with van der Waals surface area (Å²) >= 11 is 0. The van der Waals surface area contributed by atoms with E-state index in [0.29, 0.717) is 32.5 Å². The normalized spacial score (nSPS) is 28.5. The molecule has 0 radical (unpaired) electrons. The van der Waals surface area contributed by atoms with Crippen LogP contribution in [-0.2, 0) is 14.4 Å². The number of carbonyl (C=O) groups is 3. The van der Waals surface area contributed by atoms with Crippen LogP contribution in [0.4, 0.5) is 9.59 Å². The fraction of sp³-hybridized carbons (Fsp3) is 0.824. The number of nitrogens with zero attached hydrogens (tertiary/aromatic N) is 3.